The van der Waals surface area contributed by atoms with Crippen molar-refractivity contribution >= 4 is 11.9 Å². The van der Waals surface area contributed by atoms with E-state index >= 15 is 0 Å². The third-order valence-corrected chi connectivity index (χ3v) is 6.41. The second kappa shape index (κ2) is 4.59. The average Bonchev–Trinajstić information content (AvgIpc) is 2.69. The molecule has 0 amide bonds. The Balaban J connectivity index is 1.98. The standard InChI is InChI=1S/C18H26O4/c1-11(19)21-14-7-8-17(4)12(16(14,2)3)6-9-18(5)13(17)10-15(20)22-18/h10,12,14H,6-9H2,1-5H3/t12-,14-,17-,18-/m0/s1. The van der Waals surface area contributed by atoms with Crippen LogP contribution in [0.4, 0.5) is 0 Å². The molecule has 3 rings (SSSR count). The quantitative estimate of drug-likeness (QED) is 0.697. The van der Waals surface area contributed by atoms with E-state index in [2.05, 4.69) is 20.8 Å². The van der Waals surface area contributed by atoms with E-state index in [4.69, 9.17) is 9.47 Å². The lowest BCUT2D eigenvalue weighted by atomic mass is 9.47. The Morgan fingerprint density at radius 3 is 2.55 bits per heavy atom. The van der Waals surface area contributed by atoms with Gasteiger partial charge in [0.2, 0.25) is 0 Å². The summed E-state index contributed by atoms with van der Waals surface area (Å²) in [5, 5.41) is 0. The number of hydrogen-bond donors (Lipinski definition) is 0. The van der Waals surface area contributed by atoms with Gasteiger partial charge in [-0.25, -0.2) is 4.79 Å². The van der Waals surface area contributed by atoms with Crippen molar-refractivity contribution in [3.8, 4) is 0 Å². The van der Waals surface area contributed by atoms with Gasteiger partial charge < -0.3 is 9.47 Å². The van der Waals surface area contributed by atoms with Crippen molar-refractivity contribution in [1.29, 1.82) is 0 Å². The first-order valence-corrected chi connectivity index (χ1v) is 8.22. The summed E-state index contributed by atoms with van der Waals surface area (Å²) < 4.78 is 11.2. The molecule has 0 radical (unpaired) electrons. The van der Waals surface area contributed by atoms with Gasteiger partial charge in [-0.1, -0.05) is 20.8 Å². The van der Waals surface area contributed by atoms with E-state index in [1.165, 1.54) is 6.92 Å². The first-order chi connectivity index (χ1) is 10.1. The molecule has 0 saturated heterocycles. The van der Waals surface area contributed by atoms with Crippen LogP contribution < -0.4 is 0 Å². The van der Waals surface area contributed by atoms with Gasteiger partial charge in [0.05, 0.1) is 0 Å². The highest BCUT2D eigenvalue weighted by atomic mass is 16.6. The van der Waals surface area contributed by atoms with E-state index in [1.54, 1.807) is 6.08 Å². The Labute approximate surface area is 132 Å². The van der Waals surface area contributed by atoms with E-state index in [-0.39, 0.29) is 28.9 Å². The lowest BCUT2D eigenvalue weighted by molar-refractivity contribution is -0.173. The normalized spacial score (nSPS) is 42.8. The molecular formula is C18H26O4. The zero-order valence-corrected chi connectivity index (χ0v) is 14.2. The Morgan fingerprint density at radius 2 is 1.91 bits per heavy atom. The van der Waals surface area contributed by atoms with Crippen molar-refractivity contribution < 1.29 is 19.1 Å². The summed E-state index contributed by atoms with van der Waals surface area (Å²) in [5.41, 5.74) is 0.550. The van der Waals surface area contributed by atoms with E-state index in [0.29, 0.717) is 5.92 Å². The summed E-state index contributed by atoms with van der Waals surface area (Å²) in [5.74, 6) is -0.0351. The number of carbonyl (C=O) groups excluding carboxylic acids is 2. The Kier molecular flexibility index (Phi) is 3.25. The predicted molar refractivity (Wildman–Crippen MR) is 82.0 cm³/mol. The van der Waals surface area contributed by atoms with Crippen LogP contribution in [0.25, 0.3) is 0 Å². The van der Waals surface area contributed by atoms with Gasteiger partial charge >= 0.3 is 11.9 Å². The number of hydrogen-bond acceptors (Lipinski definition) is 4. The highest BCUT2D eigenvalue weighted by Crippen LogP contribution is 2.63. The molecule has 0 spiro atoms. The van der Waals surface area contributed by atoms with Crippen molar-refractivity contribution in [2.75, 3.05) is 0 Å². The van der Waals surface area contributed by atoms with Crippen LogP contribution in [0, 0.1) is 16.7 Å². The third kappa shape index (κ3) is 2.03. The molecule has 3 aliphatic rings. The van der Waals surface area contributed by atoms with Gasteiger partial charge in [-0.15, -0.1) is 0 Å². The molecule has 0 aromatic carbocycles. The summed E-state index contributed by atoms with van der Waals surface area (Å²) in [6.45, 7) is 10.2. The molecule has 4 nitrogen and oxygen atoms in total. The molecule has 0 aromatic rings. The third-order valence-electron chi connectivity index (χ3n) is 6.41. The van der Waals surface area contributed by atoms with Gasteiger partial charge in [-0.05, 0) is 49.5 Å². The van der Waals surface area contributed by atoms with Crippen LogP contribution in [0.1, 0.15) is 60.3 Å². The van der Waals surface area contributed by atoms with Crippen molar-refractivity contribution in [2.45, 2.75) is 72.0 Å². The number of rotatable bonds is 1. The number of ether oxygens (including phenoxy) is 2. The van der Waals surface area contributed by atoms with Gasteiger partial charge in [-0.2, -0.15) is 0 Å². The molecular weight excluding hydrogens is 280 g/mol. The molecule has 122 valence electrons. The molecule has 0 aromatic heterocycles. The smallest absolute Gasteiger partial charge is 0.331 e. The minimum Gasteiger partial charge on any atom is -0.462 e. The largest absolute Gasteiger partial charge is 0.462 e. The highest BCUT2D eigenvalue weighted by molar-refractivity contribution is 5.87. The molecule has 1 heterocycles. The van der Waals surface area contributed by atoms with Crippen molar-refractivity contribution in [3.63, 3.8) is 0 Å². The zero-order valence-electron chi connectivity index (χ0n) is 14.2. The summed E-state index contributed by atoms with van der Waals surface area (Å²) >= 11 is 0. The topological polar surface area (TPSA) is 52.6 Å². The first kappa shape index (κ1) is 15.6. The molecule has 2 aliphatic carbocycles. The van der Waals surface area contributed by atoms with Gasteiger partial charge in [0.15, 0.2) is 0 Å². The Bertz CT molecular complexity index is 561. The maximum atomic E-state index is 11.8. The van der Waals surface area contributed by atoms with Crippen LogP contribution in [0.5, 0.6) is 0 Å². The molecule has 2 saturated carbocycles. The lowest BCUT2D eigenvalue weighted by Crippen LogP contribution is -2.57. The summed E-state index contributed by atoms with van der Waals surface area (Å²) in [7, 11) is 0. The van der Waals surface area contributed by atoms with Crippen LogP contribution in [0.2, 0.25) is 0 Å². The molecule has 4 atom stereocenters. The molecule has 22 heavy (non-hydrogen) atoms. The number of fused-ring (bicyclic) bond motifs is 3. The minimum atomic E-state index is -0.438. The van der Waals surface area contributed by atoms with Crippen molar-refractivity contribution in [2.24, 2.45) is 16.7 Å². The van der Waals surface area contributed by atoms with E-state index in [9.17, 15) is 9.59 Å². The zero-order chi connectivity index (χ0) is 16.3. The number of esters is 2. The van der Waals surface area contributed by atoms with Gasteiger partial charge in [0, 0.05) is 18.4 Å². The van der Waals surface area contributed by atoms with E-state index < -0.39 is 5.60 Å². The first-order valence-electron chi connectivity index (χ1n) is 8.22. The van der Waals surface area contributed by atoms with Crippen molar-refractivity contribution in [1.82, 2.24) is 0 Å². The van der Waals surface area contributed by atoms with Gasteiger partial charge in [0.25, 0.3) is 0 Å². The number of carbonyl (C=O) groups is 2. The second-order valence-corrected chi connectivity index (χ2v) is 8.18. The maximum absolute atomic E-state index is 11.8. The molecule has 2 fully saturated rings. The lowest BCUT2D eigenvalue weighted by Gasteiger charge is -2.59. The van der Waals surface area contributed by atoms with E-state index in [1.807, 2.05) is 6.92 Å². The van der Waals surface area contributed by atoms with Crippen LogP contribution in [-0.2, 0) is 19.1 Å². The average molecular weight is 306 g/mol. The van der Waals surface area contributed by atoms with Crippen LogP contribution in [0.3, 0.4) is 0 Å². The molecule has 0 unspecified atom stereocenters. The SMILES string of the molecule is CC(=O)O[C@H]1CC[C@]2(C)C3=CC(=O)O[C@@]3(C)CC[C@H]2C1(C)C. The van der Waals surface area contributed by atoms with Gasteiger partial charge in [0.1, 0.15) is 11.7 Å². The fourth-order valence-electron chi connectivity index (χ4n) is 5.40. The Hall–Kier alpha value is -1.32. The fraction of sp³-hybridized carbons (Fsp3) is 0.778. The maximum Gasteiger partial charge on any atom is 0.331 e. The Morgan fingerprint density at radius 1 is 1.23 bits per heavy atom. The summed E-state index contributed by atoms with van der Waals surface area (Å²) in [6, 6.07) is 0. The fourth-order valence-corrected chi connectivity index (χ4v) is 5.40. The highest BCUT2D eigenvalue weighted by Gasteiger charge is 2.61. The summed E-state index contributed by atoms with van der Waals surface area (Å²) in [6.07, 6.45) is 5.27. The van der Waals surface area contributed by atoms with Crippen LogP contribution in [0.15, 0.2) is 11.6 Å². The molecule has 1 aliphatic heterocycles. The monoisotopic (exact) mass is 306 g/mol. The minimum absolute atomic E-state index is 0.0499. The van der Waals surface area contributed by atoms with Crippen molar-refractivity contribution in [3.05, 3.63) is 11.6 Å². The molecule has 4 heteroatoms. The second-order valence-electron chi connectivity index (χ2n) is 8.18. The van der Waals surface area contributed by atoms with Gasteiger partial charge in [-0.3, -0.25) is 4.79 Å². The predicted octanol–water partition coefficient (Wildman–Crippen LogP) is 3.40. The molecule has 0 N–H and O–H groups in total. The van der Waals surface area contributed by atoms with Crippen LogP contribution in [-0.4, -0.2) is 23.6 Å². The molecule has 0 bridgehead atoms. The van der Waals surface area contributed by atoms with Crippen LogP contribution >= 0.6 is 0 Å². The summed E-state index contributed by atoms with van der Waals surface area (Å²) in [4.78, 5) is 23.3. The van der Waals surface area contributed by atoms with E-state index in [0.717, 1.165) is 31.3 Å².